The molecule has 0 amide bonds. The van der Waals surface area contributed by atoms with Crippen molar-refractivity contribution in [2.75, 3.05) is 0 Å². The predicted molar refractivity (Wildman–Crippen MR) is 118 cm³/mol. The minimum Gasteiger partial charge on any atom is -0.479 e. The van der Waals surface area contributed by atoms with Crippen LogP contribution in [0.3, 0.4) is 0 Å². The molecule has 0 fully saturated rings. The number of carbonyl (C=O) groups excluding carboxylic acids is 2. The van der Waals surface area contributed by atoms with E-state index in [2.05, 4.69) is 36.0 Å². The van der Waals surface area contributed by atoms with E-state index in [1.807, 2.05) is 0 Å². The van der Waals surface area contributed by atoms with Crippen molar-refractivity contribution in [3.05, 3.63) is 24.3 Å². The largest absolute Gasteiger partial charge is 0.479 e. The summed E-state index contributed by atoms with van der Waals surface area (Å²) in [4.78, 5) is 34.0. The maximum absolute atomic E-state index is 11.8. The van der Waals surface area contributed by atoms with Crippen LogP contribution in [-0.2, 0) is 23.9 Å². The zero-order valence-electron chi connectivity index (χ0n) is 18.9. The first-order chi connectivity index (χ1) is 14.4. The summed E-state index contributed by atoms with van der Waals surface area (Å²) >= 11 is 0. The van der Waals surface area contributed by atoms with Gasteiger partial charge in [0.05, 0.1) is 0 Å². The van der Waals surface area contributed by atoms with Gasteiger partial charge in [0.25, 0.3) is 0 Å². The van der Waals surface area contributed by atoms with Gasteiger partial charge >= 0.3 is 17.9 Å². The number of carboxylic acids is 1. The first kappa shape index (κ1) is 27.9. The first-order valence-electron chi connectivity index (χ1n) is 11.3. The molecule has 0 saturated heterocycles. The lowest BCUT2D eigenvalue weighted by Gasteiger charge is -2.14. The van der Waals surface area contributed by atoms with Crippen LogP contribution in [0, 0.1) is 0 Å². The highest BCUT2D eigenvalue weighted by atomic mass is 16.6. The Morgan fingerprint density at radius 2 is 1.33 bits per heavy atom. The number of esters is 2. The highest BCUT2D eigenvalue weighted by molar-refractivity contribution is 5.82. The van der Waals surface area contributed by atoms with E-state index in [0.717, 1.165) is 38.5 Å². The summed E-state index contributed by atoms with van der Waals surface area (Å²) in [6.07, 6.45) is 19.0. The highest BCUT2D eigenvalue weighted by Gasteiger charge is 2.23. The molecule has 0 saturated carbocycles. The van der Waals surface area contributed by atoms with Crippen LogP contribution < -0.4 is 0 Å². The molecule has 0 aromatic carbocycles. The normalized spacial score (nSPS) is 13.4. The Morgan fingerprint density at radius 3 is 1.93 bits per heavy atom. The van der Waals surface area contributed by atoms with Crippen molar-refractivity contribution in [1.29, 1.82) is 0 Å². The molecule has 6 nitrogen and oxygen atoms in total. The SMILES string of the molecule is CCCCC/C=C\C/C=C\CCCCCCCC(=O)O[C@H](C)C(=O)O[C@H](C)C(=O)O. The number of carboxylic acid groups (broad SMARTS) is 1. The fourth-order valence-electron chi connectivity index (χ4n) is 2.71. The molecule has 0 bridgehead atoms. The van der Waals surface area contributed by atoms with E-state index in [0.29, 0.717) is 6.42 Å². The number of ether oxygens (including phenoxy) is 2. The molecule has 0 radical (unpaired) electrons. The van der Waals surface area contributed by atoms with Crippen LogP contribution in [-0.4, -0.2) is 35.2 Å². The summed E-state index contributed by atoms with van der Waals surface area (Å²) in [5.41, 5.74) is 0. The Hall–Kier alpha value is -2.11. The highest BCUT2D eigenvalue weighted by Crippen LogP contribution is 2.10. The number of hydrogen-bond donors (Lipinski definition) is 1. The molecule has 0 aliphatic carbocycles. The monoisotopic (exact) mass is 424 g/mol. The summed E-state index contributed by atoms with van der Waals surface area (Å²) in [5, 5.41) is 8.71. The second kappa shape index (κ2) is 18.9. The van der Waals surface area contributed by atoms with E-state index >= 15 is 0 Å². The van der Waals surface area contributed by atoms with Crippen molar-refractivity contribution in [2.24, 2.45) is 0 Å². The second-order valence-electron chi connectivity index (χ2n) is 7.53. The minimum absolute atomic E-state index is 0.247. The lowest BCUT2D eigenvalue weighted by molar-refractivity contribution is -0.174. The summed E-state index contributed by atoms with van der Waals surface area (Å²) in [7, 11) is 0. The van der Waals surface area contributed by atoms with Crippen LogP contribution >= 0.6 is 0 Å². The average Bonchev–Trinajstić information content (AvgIpc) is 2.70. The van der Waals surface area contributed by atoms with Gasteiger partial charge in [0.15, 0.2) is 12.2 Å². The number of unbranched alkanes of at least 4 members (excludes halogenated alkanes) is 8. The molecule has 0 rings (SSSR count). The van der Waals surface area contributed by atoms with Gasteiger partial charge < -0.3 is 14.6 Å². The summed E-state index contributed by atoms with van der Waals surface area (Å²) < 4.78 is 9.67. The third-order valence-corrected chi connectivity index (χ3v) is 4.61. The van der Waals surface area contributed by atoms with Gasteiger partial charge in [-0.3, -0.25) is 4.79 Å². The zero-order chi connectivity index (χ0) is 22.6. The fourth-order valence-corrected chi connectivity index (χ4v) is 2.71. The van der Waals surface area contributed by atoms with Crippen molar-refractivity contribution < 1.29 is 29.0 Å². The van der Waals surface area contributed by atoms with Crippen LogP contribution in [0.15, 0.2) is 24.3 Å². The number of aliphatic carboxylic acids is 1. The van der Waals surface area contributed by atoms with E-state index in [1.54, 1.807) is 0 Å². The van der Waals surface area contributed by atoms with Crippen molar-refractivity contribution in [3.63, 3.8) is 0 Å². The van der Waals surface area contributed by atoms with Gasteiger partial charge in [-0.25, -0.2) is 9.59 Å². The summed E-state index contributed by atoms with van der Waals surface area (Å²) in [6, 6.07) is 0. The third-order valence-electron chi connectivity index (χ3n) is 4.61. The number of allylic oxidation sites excluding steroid dienone is 4. The van der Waals surface area contributed by atoms with E-state index in [9.17, 15) is 14.4 Å². The zero-order valence-corrected chi connectivity index (χ0v) is 18.9. The molecule has 0 aromatic rings. The molecule has 172 valence electrons. The smallest absolute Gasteiger partial charge is 0.347 e. The van der Waals surface area contributed by atoms with Crippen LogP contribution in [0.5, 0.6) is 0 Å². The lowest BCUT2D eigenvalue weighted by atomic mass is 10.1. The molecule has 6 heteroatoms. The van der Waals surface area contributed by atoms with Gasteiger partial charge in [-0.15, -0.1) is 0 Å². The predicted octanol–water partition coefficient (Wildman–Crippen LogP) is 5.75. The van der Waals surface area contributed by atoms with E-state index in [4.69, 9.17) is 9.84 Å². The molecule has 0 unspecified atom stereocenters. The quantitative estimate of drug-likeness (QED) is 0.171. The molecule has 0 aliphatic rings. The first-order valence-corrected chi connectivity index (χ1v) is 11.3. The molecule has 0 aliphatic heterocycles. The molecular weight excluding hydrogens is 384 g/mol. The molecular formula is C24H40O6. The van der Waals surface area contributed by atoms with Gasteiger partial charge in [-0.1, -0.05) is 63.3 Å². The van der Waals surface area contributed by atoms with Gasteiger partial charge in [-0.05, 0) is 52.4 Å². The molecule has 0 heterocycles. The molecule has 0 spiro atoms. The van der Waals surface area contributed by atoms with Gasteiger partial charge in [0.2, 0.25) is 0 Å². The number of hydrogen-bond acceptors (Lipinski definition) is 5. The van der Waals surface area contributed by atoms with Crippen LogP contribution in [0.25, 0.3) is 0 Å². The molecule has 1 N–H and O–H groups in total. The second-order valence-corrected chi connectivity index (χ2v) is 7.53. The van der Waals surface area contributed by atoms with E-state index < -0.39 is 30.1 Å². The molecule has 2 atom stereocenters. The van der Waals surface area contributed by atoms with Crippen LogP contribution in [0.2, 0.25) is 0 Å². The topological polar surface area (TPSA) is 89.9 Å². The van der Waals surface area contributed by atoms with Crippen LogP contribution in [0.1, 0.15) is 97.8 Å². The van der Waals surface area contributed by atoms with Crippen molar-refractivity contribution in [3.8, 4) is 0 Å². The third kappa shape index (κ3) is 16.8. The van der Waals surface area contributed by atoms with Crippen LogP contribution in [0.4, 0.5) is 0 Å². The summed E-state index contributed by atoms with van der Waals surface area (Å²) in [5.74, 6) is -2.56. The van der Waals surface area contributed by atoms with Gasteiger partial charge in [0, 0.05) is 6.42 Å². The van der Waals surface area contributed by atoms with Crippen molar-refractivity contribution in [1.82, 2.24) is 0 Å². The average molecular weight is 425 g/mol. The van der Waals surface area contributed by atoms with Gasteiger partial charge in [-0.2, -0.15) is 0 Å². The Bertz CT molecular complexity index is 538. The van der Waals surface area contributed by atoms with E-state index in [1.165, 1.54) is 39.5 Å². The summed E-state index contributed by atoms with van der Waals surface area (Å²) in [6.45, 7) is 4.84. The van der Waals surface area contributed by atoms with E-state index in [-0.39, 0.29) is 6.42 Å². The van der Waals surface area contributed by atoms with Gasteiger partial charge in [0.1, 0.15) is 0 Å². The minimum atomic E-state index is -1.26. The Kier molecular flexibility index (Phi) is 17.6. The Balaban J connectivity index is 3.61. The maximum Gasteiger partial charge on any atom is 0.347 e. The standard InChI is InChI=1S/C24H40O6/c1-4-5-6-7-8-9-10-11-12-13-14-15-16-17-18-19-22(25)29-21(3)24(28)30-20(2)23(26)27/h8-9,11-12,20-21H,4-7,10,13-19H2,1-3H3,(H,26,27)/b9-8-,12-11-/t20-,21-/m1/s1. The van der Waals surface area contributed by atoms with Crippen molar-refractivity contribution >= 4 is 17.9 Å². The lowest BCUT2D eigenvalue weighted by Crippen LogP contribution is -2.32. The fraction of sp³-hybridized carbons (Fsp3) is 0.708. The molecule has 0 aromatic heterocycles. The Labute approximate surface area is 181 Å². The molecule has 30 heavy (non-hydrogen) atoms. The number of carbonyl (C=O) groups is 3. The maximum atomic E-state index is 11.8. The Morgan fingerprint density at radius 1 is 0.767 bits per heavy atom. The van der Waals surface area contributed by atoms with Crippen molar-refractivity contribution in [2.45, 2.75) is 110 Å². The number of rotatable bonds is 18.